The number of rotatable bonds is 6. The lowest BCUT2D eigenvalue weighted by Gasteiger charge is -2.37. The van der Waals surface area contributed by atoms with E-state index in [1.165, 1.54) is 18.4 Å². The number of hydrogen-bond donors (Lipinski definition) is 1. The minimum absolute atomic E-state index is 0.132. The fourth-order valence-corrected chi connectivity index (χ4v) is 3.33. The predicted octanol–water partition coefficient (Wildman–Crippen LogP) is 3.44. The fourth-order valence-electron chi connectivity index (χ4n) is 2.95. The molecule has 0 saturated heterocycles. The second-order valence-corrected chi connectivity index (χ2v) is 6.39. The van der Waals surface area contributed by atoms with E-state index >= 15 is 0 Å². The smallest absolute Gasteiger partial charge is 0.305 e. The maximum absolute atomic E-state index is 11.0. The number of unbranched alkanes of at least 4 members (excludes halogenated alkanes) is 2. The first-order valence-electron chi connectivity index (χ1n) is 8.35. The maximum atomic E-state index is 11.0. The molecule has 1 aromatic carbocycles. The van der Waals surface area contributed by atoms with E-state index < -0.39 is 0 Å². The van der Waals surface area contributed by atoms with Crippen LogP contribution in [0.5, 0.6) is 0 Å². The van der Waals surface area contributed by atoms with Gasteiger partial charge in [0.2, 0.25) is 0 Å². The second-order valence-electron chi connectivity index (χ2n) is 6.01. The normalized spacial score (nSPS) is 16.6. The van der Waals surface area contributed by atoms with Crippen molar-refractivity contribution in [1.82, 2.24) is 5.32 Å². The first-order valence-corrected chi connectivity index (χ1v) is 8.76. The Labute approximate surface area is 144 Å². The summed E-state index contributed by atoms with van der Waals surface area (Å²) < 4.78 is 4.64. The Morgan fingerprint density at radius 2 is 2.13 bits per heavy atom. The van der Waals surface area contributed by atoms with Crippen molar-refractivity contribution >= 4 is 29.0 Å². The van der Waals surface area contributed by atoms with Crippen LogP contribution in [0.3, 0.4) is 0 Å². The van der Waals surface area contributed by atoms with E-state index in [1.807, 2.05) is 0 Å². The lowest BCUT2D eigenvalue weighted by molar-refractivity contribution is -0.140. The van der Waals surface area contributed by atoms with Crippen LogP contribution in [-0.4, -0.2) is 30.8 Å². The minimum Gasteiger partial charge on any atom is -0.469 e. The summed E-state index contributed by atoms with van der Waals surface area (Å²) in [5, 5.41) is 4.17. The lowest BCUT2D eigenvalue weighted by atomic mass is 9.97. The maximum Gasteiger partial charge on any atom is 0.305 e. The van der Waals surface area contributed by atoms with E-state index in [9.17, 15) is 4.79 Å². The highest BCUT2D eigenvalue weighted by Crippen LogP contribution is 2.30. The van der Waals surface area contributed by atoms with E-state index in [0.29, 0.717) is 12.5 Å². The molecule has 0 radical (unpaired) electrons. The average Bonchev–Trinajstić information content (AvgIpc) is 2.57. The molecule has 0 unspecified atom stereocenters. The van der Waals surface area contributed by atoms with Gasteiger partial charge in [0.25, 0.3) is 0 Å². The average molecular weight is 334 g/mol. The molecule has 0 saturated carbocycles. The number of methoxy groups -OCH3 is 1. The van der Waals surface area contributed by atoms with Crippen molar-refractivity contribution < 1.29 is 9.53 Å². The Bertz CT molecular complexity index is 548. The monoisotopic (exact) mass is 334 g/mol. The number of carbonyl (C=O) groups excluding carboxylic acids is 1. The number of thiocarbonyl (C=S) groups is 1. The Morgan fingerprint density at radius 1 is 1.35 bits per heavy atom. The molecule has 0 fully saturated rings. The van der Waals surface area contributed by atoms with Gasteiger partial charge in [0.05, 0.1) is 7.11 Å². The van der Waals surface area contributed by atoms with Crippen molar-refractivity contribution in [2.45, 2.75) is 51.5 Å². The molecule has 0 amide bonds. The summed E-state index contributed by atoms with van der Waals surface area (Å²) in [6.45, 7) is 3.06. The van der Waals surface area contributed by atoms with Crippen LogP contribution in [0.25, 0.3) is 0 Å². The number of aryl methyl sites for hydroxylation is 1. The lowest BCUT2D eigenvalue weighted by Crippen LogP contribution is -2.47. The van der Waals surface area contributed by atoms with Gasteiger partial charge >= 0.3 is 5.97 Å². The molecule has 5 heteroatoms. The van der Waals surface area contributed by atoms with Crippen molar-refractivity contribution in [3.8, 4) is 0 Å². The Balaban J connectivity index is 1.78. The number of benzene rings is 1. The summed E-state index contributed by atoms with van der Waals surface area (Å²) in [6, 6.07) is 8.91. The largest absolute Gasteiger partial charge is 0.469 e. The van der Waals surface area contributed by atoms with Crippen molar-refractivity contribution in [1.29, 1.82) is 0 Å². The summed E-state index contributed by atoms with van der Waals surface area (Å²) in [5.74, 6) is -0.132. The molecule has 126 valence electrons. The van der Waals surface area contributed by atoms with E-state index in [0.717, 1.165) is 43.8 Å². The van der Waals surface area contributed by atoms with Crippen LogP contribution in [0.2, 0.25) is 0 Å². The van der Waals surface area contributed by atoms with Gasteiger partial charge in [-0.3, -0.25) is 4.79 Å². The van der Waals surface area contributed by atoms with Gasteiger partial charge in [-0.05, 0) is 56.5 Å². The number of para-hydroxylation sites is 1. The van der Waals surface area contributed by atoms with Crippen LogP contribution in [0.4, 0.5) is 5.69 Å². The first-order chi connectivity index (χ1) is 11.1. The highest BCUT2D eigenvalue weighted by Gasteiger charge is 2.25. The topological polar surface area (TPSA) is 41.6 Å². The molecule has 1 N–H and O–H groups in total. The van der Waals surface area contributed by atoms with E-state index in [4.69, 9.17) is 12.2 Å². The van der Waals surface area contributed by atoms with Crippen molar-refractivity contribution in [2.75, 3.05) is 18.6 Å². The molecular formula is C18H26N2O2S. The zero-order valence-corrected chi connectivity index (χ0v) is 14.8. The third-order valence-electron chi connectivity index (χ3n) is 4.30. The van der Waals surface area contributed by atoms with Gasteiger partial charge in [-0.15, -0.1) is 0 Å². The van der Waals surface area contributed by atoms with Gasteiger partial charge < -0.3 is 15.0 Å². The van der Waals surface area contributed by atoms with Crippen LogP contribution in [-0.2, 0) is 16.0 Å². The number of ether oxygens (including phenoxy) is 1. The van der Waals surface area contributed by atoms with E-state index in [2.05, 4.69) is 46.1 Å². The molecule has 23 heavy (non-hydrogen) atoms. The van der Waals surface area contributed by atoms with Gasteiger partial charge in [0.1, 0.15) is 0 Å². The fraction of sp³-hybridized carbons (Fsp3) is 0.556. The quantitative estimate of drug-likeness (QED) is 0.490. The molecule has 0 bridgehead atoms. The van der Waals surface area contributed by atoms with Crippen LogP contribution in [0.15, 0.2) is 24.3 Å². The Hall–Kier alpha value is -1.62. The zero-order chi connectivity index (χ0) is 16.7. The van der Waals surface area contributed by atoms with Crippen LogP contribution in [0, 0.1) is 0 Å². The molecule has 2 rings (SSSR count). The summed E-state index contributed by atoms with van der Waals surface area (Å²) in [4.78, 5) is 13.3. The number of anilines is 1. The molecule has 0 aromatic heterocycles. The third-order valence-corrected chi connectivity index (χ3v) is 4.64. The first kappa shape index (κ1) is 17.7. The molecule has 0 aliphatic carbocycles. The minimum atomic E-state index is -0.132. The van der Waals surface area contributed by atoms with Gasteiger partial charge in [0.15, 0.2) is 5.11 Å². The molecular weight excluding hydrogens is 308 g/mol. The second kappa shape index (κ2) is 8.87. The Morgan fingerprint density at radius 3 is 2.91 bits per heavy atom. The summed E-state index contributed by atoms with van der Waals surface area (Å²) in [7, 11) is 1.43. The summed E-state index contributed by atoms with van der Waals surface area (Å²) in [6.07, 6.45) is 5.60. The highest BCUT2D eigenvalue weighted by molar-refractivity contribution is 7.80. The van der Waals surface area contributed by atoms with Crippen molar-refractivity contribution in [3.05, 3.63) is 29.8 Å². The summed E-state index contributed by atoms with van der Waals surface area (Å²) in [5.41, 5.74) is 2.60. The molecule has 1 heterocycles. The van der Waals surface area contributed by atoms with Gasteiger partial charge in [-0.25, -0.2) is 0 Å². The number of fused-ring (bicyclic) bond motifs is 1. The zero-order valence-electron chi connectivity index (χ0n) is 14.0. The standard InChI is InChI=1S/C18H26N2O2S/c1-14-11-12-15-8-5-6-9-16(15)20(14)18(23)19-13-7-3-4-10-17(21)22-2/h5-6,8-9,14H,3-4,7,10-13H2,1-2H3,(H,19,23)/t14-/m0/s1. The number of nitrogens with zero attached hydrogens (tertiary/aromatic N) is 1. The molecule has 4 nitrogen and oxygen atoms in total. The number of nitrogens with one attached hydrogen (secondary N) is 1. The molecule has 1 aliphatic heterocycles. The van der Waals surface area contributed by atoms with Crippen LogP contribution in [0.1, 0.15) is 44.6 Å². The number of esters is 1. The highest BCUT2D eigenvalue weighted by atomic mass is 32.1. The Kier molecular flexibility index (Phi) is 6.84. The predicted molar refractivity (Wildman–Crippen MR) is 97.8 cm³/mol. The molecule has 1 aromatic rings. The van der Waals surface area contributed by atoms with Gasteiger partial charge in [-0.2, -0.15) is 0 Å². The van der Waals surface area contributed by atoms with Crippen molar-refractivity contribution in [3.63, 3.8) is 0 Å². The molecule has 0 spiro atoms. The van der Waals surface area contributed by atoms with E-state index in [1.54, 1.807) is 0 Å². The SMILES string of the molecule is COC(=O)CCCCCNC(=S)N1c2ccccc2CC[C@@H]1C. The third kappa shape index (κ3) is 4.93. The van der Waals surface area contributed by atoms with Gasteiger partial charge in [-0.1, -0.05) is 24.6 Å². The molecule has 1 aliphatic rings. The molecule has 1 atom stereocenters. The van der Waals surface area contributed by atoms with E-state index in [-0.39, 0.29) is 5.97 Å². The van der Waals surface area contributed by atoms with Crippen LogP contribution < -0.4 is 10.2 Å². The van der Waals surface area contributed by atoms with Gasteiger partial charge in [0, 0.05) is 24.7 Å². The number of hydrogen-bond acceptors (Lipinski definition) is 3. The summed E-state index contributed by atoms with van der Waals surface area (Å²) >= 11 is 5.61. The van der Waals surface area contributed by atoms with Crippen LogP contribution >= 0.6 is 12.2 Å². The number of carbonyl (C=O) groups is 1. The van der Waals surface area contributed by atoms with Crippen molar-refractivity contribution in [2.24, 2.45) is 0 Å².